The van der Waals surface area contributed by atoms with E-state index in [4.69, 9.17) is 11.6 Å². The van der Waals surface area contributed by atoms with E-state index in [1.165, 1.54) is 30.5 Å². The molecule has 136 valence electrons. The van der Waals surface area contributed by atoms with E-state index in [2.05, 4.69) is 4.99 Å². The molecule has 26 heavy (non-hydrogen) atoms. The lowest BCUT2D eigenvalue weighted by molar-refractivity contribution is -0.165. The van der Waals surface area contributed by atoms with Gasteiger partial charge in [0.25, 0.3) is 5.78 Å². The Balaban J connectivity index is 2.67. The fourth-order valence-corrected chi connectivity index (χ4v) is 2.74. The summed E-state index contributed by atoms with van der Waals surface area (Å²) in [6.07, 6.45) is -3.69. The molecule has 0 fully saturated rings. The lowest BCUT2D eigenvalue weighted by Gasteiger charge is -2.13. The number of benzene rings is 2. The standard InChI is InChI=1S/C18H13ClF3NO2S/c1-26-17(23-13-5-3-2-4-6-13)14(16(25)18(20,21)22)15(24)11-7-9-12(19)10-8-11/h2-10,24H,1H3/b15-14-,23-17?. The number of hydrogen-bond acceptors (Lipinski definition) is 4. The van der Waals surface area contributed by atoms with E-state index in [1.54, 1.807) is 30.3 Å². The Morgan fingerprint density at radius 3 is 2.15 bits per heavy atom. The number of thioether (sulfide) groups is 1. The number of aliphatic hydroxyl groups is 1. The average molecular weight is 400 g/mol. The van der Waals surface area contributed by atoms with E-state index in [0.717, 1.165) is 11.8 Å². The van der Waals surface area contributed by atoms with Crippen molar-refractivity contribution < 1.29 is 23.1 Å². The van der Waals surface area contributed by atoms with E-state index >= 15 is 0 Å². The number of para-hydroxylation sites is 1. The van der Waals surface area contributed by atoms with Gasteiger partial charge in [0, 0.05) is 10.6 Å². The first-order valence-corrected chi connectivity index (χ1v) is 8.83. The summed E-state index contributed by atoms with van der Waals surface area (Å²) in [5.41, 5.74) is -0.527. The zero-order valence-electron chi connectivity index (χ0n) is 13.4. The van der Waals surface area contributed by atoms with Crippen LogP contribution < -0.4 is 0 Å². The summed E-state index contributed by atoms with van der Waals surface area (Å²) in [5, 5.41) is 10.5. The molecule has 0 atom stereocenters. The molecule has 0 aliphatic heterocycles. The summed E-state index contributed by atoms with van der Waals surface area (Å²) in [5.74, 6) is -2.98. The van der Waals surface area contributed by atoms with Crippen LogP contribution in [0.2, 0.25) is 5.02 Å². The first-order chi connectivity index (χ1) is 12.2. The minimum absolute atomic E-state index is 0.0248. The molecule has 2 aromatic carbocycles. The molecule has 0 saturated heterocycles. The van der Waals surface area contributed by atoms with Gasteiger partial charge in [0.05, 0.1) is 5.69 Å². The van der Waals surface area contributed by atoms with Crippen LogP contribution in [0.4, 0.5) is 18.9 Å². The number of nitrogens with zero attached hydrogens (tertiary/aromatic N) is 1. The maximum absolute atomic E-state index is 13.1. The van der Waals surface area contributed by atoms with E-state index in [9.17, 15) is 23.1 Å². The molecule has 0 aromatic heterocycles. The van der Waals surface area contributed by atoms with Crippen LogP contribution in [0.15, 0.2) is 65.2 Å². The van der Waals surface area contributed by atoms with Crippen LogP contribution in [0.5, 0.6) is 0 Å². The van der Waals surface area contributed by atoms with Gasteiger partial charge in [-0.15, -0.1) is 11.8 Å². The van der Waals surface area contributed by atoms with Crippen LogP contribution in [0.25, 0.3) is 5.76 Å². The lowest BCUT2D eigenvalue weighted by atomic mass is 10.0. The van der Waals surface area contributed by atoms with Crippen molar-refractivity contribution in [1.29, 1.82) is 0 Å². The summed E-state index contributed by atoms with van der Waals surface area (Å²) < 4.78 is 39.3. The number of rotatable bonds is 4. The van der Waals surface area contributed by atoms with E-state index in [-0.39, 0.29) is 10.6 Å². The fourth-order valence-electron chi connectivity index (χ4n) is 2.02. The van der Waals surface area contributed by atoms with Gasteiger partial charge in [0.2, 0.25) is 0 Å². The topological polar surface area (TPSA) is 49.7 Å². The molecule has 0 radical (unpaired) electrons. The number of aliphatic hydroxyl groups excluding tert-OH is 1. The number of halogens is 4. The third kappa shape index (κ3) is 4.89. The molecule has 3 nitrogen and oxygen atoms in total. The van der Waals surface area contributed by atoms with E-state index in [1.807, 2.05) is 0 Å². The van der Waals surface area contributed by atoms with Crippen LogP contribution in [-0.4, -0.2) is 28.4 Å². The molecule has 0 amide bonds. The molecule has 0 aliphatic carbocycles. The zero-order valence-corrected chi connectivity index (χ0v) is 15.0. The monoisotopic (exact) mass is 399 g/mol. The third-order valence-corrected chi connectivity index (χ3v) is 4.17. The van der Waals surface area contributed by atoms with E-state index in [0.29, 0.717) is 10.7 Å². The number of alkyl halides is 3. The van der Waals surface area contributed by atoms with Gasteiger partial charge in [0.15, 0.2) is 0 Å². The average Bonchev–Trinajstić information content (AvgIpc) is 2.61. The zero-order chi connectivity index (χ0) is 19.3. The maximum atomic E-state index is 13.1. The van der Waals surface area contributed by atoms with Crippen molar-refractivity contribution in [3.8, 4) is 0 Å². The second-order valence-corrected chi connectivity index (χ2v) is 6.25. The van der Waals surface area contributed by atoms with Crippen LogP contribution in [0, 0.1) is 0 Å². The highest BCUT2D eigenvalue weighted by molar-refractivity contribution is 8.14. The van der Waals surface area contributed by atoms with Crippen molar-refractivity contribution in [2.24, 2.45) is 4.99 Å². The van der Waals surface area contributed by atoms with Crippen molar-refractivity contribution in [2.75, 3.05) is 6.26 Å². The SMILES string of the molecule is CSC(=Nc1ccccc1)/C(C(=O)C(F)(F)F)=C(\O)c1ccc(Cl)cc1. The van der Waals surface area contributed by atoms with Crippen LogP contribution in [0.3, 0.4) is 0 Å². The first-order valence-electron chi connectivity index (χ1n) is 7.23. The lowest BCUT2D eigenvalue weighted by Crippen LogP contribution is -2.28. The van der Waals surface area contributed by atoms with Gasteiger partial charge >= 0.3 is 6.18 Å². The van der Waals surface area contributed by atoms with E-state index < -0.39 is 23.3 Å². The molecule has 0 bridgehead atoms. The van der Waals surface area contributed by atoms with Gasteiger partial charge in [-0.25, -0.2) is 4.99 Å². The molecule has 0 aliphatic rings. The number of ketones is 1. The number of Topliss-reactive ketones (excluding diaryl/α,β-unsaturated/α-hetero) is 1. The minimum atomic E-state index is -5.16. The van der Waals surface area contributed by atoms with Crippen molar-refractivity contribution in [3.05, 3.63) is 70.8 Å². The van der Waals surface area contributed by atoms with Gasteiger partial charge in [-0.05, 0) is 42.7 Å². The Kier molecular flexibility index (Phi) is 6.50. The molecule has 0 unspecified atom stereocenters. The summed E-state index contributed by atoms with van der Waals surface area (Å²) in [7, 11) is 0. The predicted octanol–water partition coefficient (Wildman–Crippen LogP) is 5.83. The van der Waals surface area contributed by atoms with Crippen LogP contribution in [0.1, 0.15) is 5.56 Å². The van der Waals surface area contributed by atoms with Crippen LogP contribution in [-0.2, 0) is 4.79 Å². The second kappa shape index (κ2) is 8.42. The summed E-state index contributed by atoms with van der Waals surface area (Å²) in [4.78, 5) is 16.1. The molecule has 8 heteroatoms. The van der Waals surface area contributed by atoms with Gasteiger partial charge in [-0.1, -0.05) is 29.8 Å². The fraction of sp³-hybridized carbons (Fsp3) is 0.111. The minimum Gasteiger partial charge on any atom is -0.506 e. The Bertz CT molecular complexity index is 847. The van der Waals surface area contributed by atoms with Crippen LogP contribution >= 0.6 is 23.4 Å². The number of carbonyl (C=O) groups excluding carboxylic acids is 1. The maximum Gasteiger partial charge on any atom is 0.455 e. The van der Waals surface area contributed by atoms with Crippen molar-refractivity contribution in [2.45, 2.75) is 6.18 Å². The second-order valence-electron chi connectivity index (χ2n) is 5.01. The number of carbonyl (C=O) groups is 1. The van der Waals surface area contributed by atoms with Gasteiger partial charge < -0.3 is 5.11 Å². The Morgan fingerprint density at radius 2 is 1.65 bits per heavy atom. The molecule has 0 heterocycles. The normalized spacial score (nSPS) is 13.3. The smallest absolute Gasteiger partial charge is 0.455 e. The Morgan fingerprint density at radius 1 is 1.08 bits per heavy atom. The largest absolute Gasteiger partial charge is 0.506 e. The quantitative estimate of drug-likeness (QED) is 0.304. The third-order valence-electron chi connectivity index (χ3n) is 3.23. The molecule has 0 saturated carbocycles. The van der Waals surface area contributed by atoms with Gasteiger partial charge in [-0.2, -0.15) is 13.2 Å². The molecule has 1 N–H and O–H groups in total. The highest BCUT2D eigenvalue weighted by atomic mass is 35.5. The van der Waals surface area contributed by atoms with Crippen molar-refractivity contribution in [1.82, 2.24) is 0 Å². The molecular formula is C18H13ClF3NO2S. The van der Waals surface area contributed by atoms with Crippen molar-refractivity contribution in [3.63, 3.8) is 0 Å². The summed E-state index contributed by atoms with van der Waals surface area (Å²) in [6.45, 7) is 0. The predicted molar refractivity (Wildman–Crippen MR) is 99.1 cm³/mol. The summed E-state index contributed by atoms with van der Waals surface area (Å²) >= 11 is 6.58. The molecule has 2 rings (SSSR count). The number of aliphatic imine (C=N–C) groups is 1. The Hall–Kier alpha value is -2.25. The first kappa shape index (κ1) is 20.1. The highest BCUT2D eigenvalue weighted by Gasteiger charge is 2.44. The molecule has 0 spiro atoms. The van der Waals surface area contributed by atoms with Gasteiger partial charge in [0.1, 0.15) is 16.4 Å². The number of hydrogen-bond donors (Lipinski definition) is 1. The van der Waals surface area contributed by atoms with Crippen molar-refractivity contribution >= 4 is 45.6 Å². The Labute approximate surface area is 157 Å². The molecular weight excluding hydrogens is 387 g/mol. The highest BCUT2D eigenvalue weighted by Crippen LogP contribution is 2.31. The van der Waals surface area contributed by atoms with Gasteiger partial charge in [-0.3, -0.25) is 4.79 Å². The molecule has 2 aromatic rings. The summed E-state index contributed by atoms with van der Waals surface area (Å²) in [6, 6.07) is 13.6.